The minimum atomic E-state index is -5.71. The van der Waals surface area contributed by atoms with Crippen molar-refractivity contribution in [2.75, 3.05) is 12.8 Å². The monoisotopic (exact) mass is 504 g/mol. The minimum Gasteiger partial charge on any atom is -0.382 e. The molecular formula is C24H21F5N6O. The second-order valence-corrected chi connectivity index (χ2v) is 9.60. The SMILES string of the molecule is CN(C(=O)c1cc2c(cn1)nc(N)c1cncn12)[C@@H]1CC(C)(C)c2cc(C(F)(F)C(F)(F)F)ccc21. The zero-order valence-electron chi connectivity index (χ0n) is 19.4. The fraction of sp³-hybridized carbons (Fsp3) is 0.333. The molecule has 4 aromatic rings. The van der Waals surface area contributed by atoms with E-state index in [2.05, 4.69) is 15.0 Å². The van der Waals surface area contributed by atoms with E-state index in [1.807, 2.05) is 0 Å². The van der Waals surface area contributed by atoms with E-state index in [0.29, 0.717) is 34.1 Å². The molecule has 0 unspecified atom stereocenters. The van der Waals surface area contributed by atoms with Crippen molar-refractivity contribution in [2.45, 2.75) is 43.8 Å². The third-order valence-corrected chi connectivity index (χ3v) is 6.83. The van der Waals surface area contributed by atoms with Crippen LogP contribution in [0.25, 0.3) is 16.6 Å². The zero-order valence-corrected chi connectivity index (χ0v) is 19.4. The molecule has 0 saturated carbocycles. The lowest BCUT2D eigenvalue weighted by molar-refractivity contribution is -0.289. The van der Waals surface area contributed by atoms with Crippen LogP contribution in [0.5, 0.6) is 0 Å². The molecule has 1 aliphatic rings. The predicted molar refractivity (Wildman–Crippen MR) is 122 cm³/mol. The number of imidazole rings is 1. The van der Waals surface area contributed by atoms with Crippen molar-refractivity contribution in [1.29, 1.82) is 0 Å². The molecule has 0 saturated heterocycles. The summed E-state index contributed by atoms with van der Waals surface area (Å²) in [7, 11) is 1.55. The number of hydrogen-bond acceptors (Lipinski definition) is 5. The molecule has 3 aromatic heterocycles. The molecule has 36 heavy (non-hydrogen) atoms. The molecule has 1 atom stereocenters. The van der Waals surface area contributed by atoms with Crippen molar-refractivity contribution >= 4 is 28.3 Å². The van der Waals surface area contributed by atoms with Crippen LogP contribution in [0.2, 0.25) is 0 Å². The molecule has 0 aliphatic heterocycles. The van der Waals surface area contributed by atoms with Gasteiger partial charge in [-0.3, -0.25) is 9.20 Å². The second-order valence-electron chi connectivity index (χ2n) is 9.60. The fourth-order valence-corrected chi connectivity index (χ4v) is 4.86. The Morgan fingerprint density at radius 1 is 1.14 bits per heavy atom. The highest BCUT2D eigenvalue weighted by Crippen LogP contribution is 2.50. The average Bonchev–Trinajstić information content (AvgIpc) is 3.41. The van der Waals surface area contributed by atoms with Gasteiger partial charge in [0.1, 0.15) is 22.5 Å². The second kappa shape index (κ2) is 7.58. The van der Waals surface area contributed by atoms with Gasteiger partial charge in [0.25, 0.3) is 5.91 Å². The van der Waals surface area contributed by atoms with Crippen molar-refractivity contribution in [1.82, 2.24) is 24.3 Å². The Kier molecular flexibility index (Phi) is 5.03. The predicted octanol–water partition coefficient (Wildman–Crippen LogP) is 5.01. The van der Waals surface area contributed by atoms with Crippen LogP contribution in [0.3, 0.4) is 0 Å². The number of fused-ring (bicyclic) bond motifs is 4. The molecular weight excluding hydrogens is 483 g/mol. The lowest BCUT2D eigenvalue weighted by Gasteiger charge is -2.26. The highest BCUT2D eigenvalue weighted by molar-refractivity contribution is 5.96. The van der Waals surface area contributed by atoms with Crippen LogP contribution in [0, 0.1) is 0 Å². The normalized spacial score (nSPS) is 17.5. The number of amides is 1. The molecule has 0 spiro atoms. The number of pyridine rings is 1. The number of aromatic nitrogens is 4. The lowest BCUT2D eigenvalue weighted by atomic mass is 9.85. The molecule has 3 heterocycles. The molecule has 12 heteroatoms. The molecule has 0 radical (unpaired) electrons. The number of nitrogens with two attached hydrogens (primary N) is 1. The number of halogens is 5. The Labute approximate surface area is 201 Å². The zero-order chi connectivity index (χ0) is 26.2. The van der Waals surface area contributed by atoms with Crippen molar-refractivity contribution in [3.8, 4) is 0 Å². The Morgan fingerprint density at radius 3 is 2.56 bits per heavy atom. The molecule has 1 amide bonds. The van der Waals surface area contributed by atoms with Gasteiger partial charge in [-0.05, 0) is 35.1 Å². The van der Waals surface area contributed by atoms with Gasteiger partial charge < -0.3 is 10.6 Å². The van der Waals surface area contributed by atoms with Crippen molar-refractivity contribution in [3.05, 3.63) is 65.4 Å². The van der Waals surface area contributed by atoms with E-state index < -0.39 is 35.0 Å². The number of anilines is 1. The molecule has 188 valence electrons. The summed E-state index contributed by atoms with van der Waals surface area (Å²) in [5.74, 6) is -5.16. The first-order valence-electron chi connectivity index (χ1n) is 11.0. The molecule has 1 aromatic carbocycles. The summed E-state index contributed by atoms with van der Waals surface area (Å²) in [6.45, 7) is 3.50. The molecule has 5 rings (SSSR count). The van der Waals surface area contributed by atoms with E-state index in [0.717, 1.165) is 12.1 Å². The molecule has 1 aliphatic carbocycles. The molecule has 0 fully saturated rings. The third kappa shape index (κ3) is 3.46. The molecule has 2 N–H and O–H groups in total. The maximum atomic E-state index is 14.0. The fourth-order valence-electron chi connectivity index (χ4n) is 4.86. The van der Waals surface area contributed by atoms with E-state index in [-0.39, 0.29) is 11.5 Å². The van der Waals surface area contributed by atoms with Crippen molar-refractivity contribution in [2.24, 2.45) is 0 Å². The number of benzene rings is 1. The highest BCUT2D eigenvalue weighted by Gasteiger charge is 2.59. The highest BCUT2D eigenvalue weighted by atomic mass is 19.4. The van der Waals surface area contributed by atoms with Gasteiger partial charge in [0.05, 0.1) is 30.3 Å². The number of nitrogens with zero attached hydrogens (tertiary/aromatic N) is 5. The van der Waals surface area contributed by atoms with Crippen molar-refractivity contribution < 1.29 is 26.7 Å². The summed E-state index contributed by atoms with van der Waals surface area (Å²) < 4.78 is 68.5. The number of carbonyl (C=O) groups excluding carboxylic acids is 1. The van der Waals surface area contributed by atoms with Crippen LogP contribution in [-0.2, 0) is 11.3 Å². The Balaban J connectivity index is 1.52. The van der Waals surface area contributed by atoms with Crippen LogP contribution in [0.1, 0.15) is 53.5 Å². The summed E-state index contributed by atoms with van der Waals surface area (Å²) in [4.78, 5) is 27.4. The number of hydrogen-bond donors (Lipinski definition) is 1. The summed E-state index contributed by atoms with van der Waals surface area (Å²) in [5.41, 5.74) is 6.65. The van der Waals surface area contributed by atoms with Gasteiger partial charge in [-0.25, -0.2) is 15.0 Å². The van der Waals surface area contributed by atoms with Crippen LogP contribution < -0.4 is 5.73 Å². The third-order valence-electron chi connectivity index (χ3n) is 6.83. The van der Waals surface area contributed by atoms with E-state index in [1.54, 1.807) is 37.6 Å². The van der Waals surface area contributed by atoms with Gasteiger partial charge in [-0.2, -0.15) is 22.0 Å². The minimum absolute atomic E-state index is 0.109. The summed E-state index contributed by atoms with van der Waals surface area (Å²) in [5, 5.41) is 0. The number of nitrogen functional groups attached to an aromatic ring is 1. The number of alkyl halides is 5. The van der Waals surface area contributed by atoms with E-state index in [4.69, 9.17) is 5.73 Å². The number of rotatable bonds is 3. The van der Waals surface area contributed by atoms with Gasteiger partial charge in [0.15, 0.2) is 0 Å². The molecule has 0 bridgehead atoms. The van der Waals surface area contributed by atoms with E-state index in [1.165, 1.54) is 23.5 Å². The van der Waals surface area contributed by atoms with Crippen LogP contribution >= 0.6 is 0 Å². The Morgan fingerprint density at radius 2 is 1.86 bits per heavy atom. The van der Waals surface area contributed by atoms with E-state index >= 15 is 0 Å². The number of carbonyl (C=O) groups is 1. The van der Waals surface area contributed by atoms with Crippen LogP contribution in [-0.4, -0.2) is 43.4 Å². The Hall–Kier alpha value is -3.83. The first-order chi connectivity index (χ1) is 16.7. The summed E-state index contributed by atoms with van der Waals surface area (Å²) >= 11 is 0. The van der Waals surface area contributed by atoms with Gasteiger partial charge in [0, 0.05) is 12.6 Å². The van der Waals surface area contributed by atoms with Crippen LogP contribution in [0.15, 0.2) is 43.0 Å². The first-order valence-corrected chi connectivity index (χ1v) is 11.0. The lowest BCUT2D eigenvalue weighted by Crippen LogP contribution is -2.34. The smallest absolute Gasteiger partial charge is 0.382 e. The standard InChI is InChI=1S/C24H21F5N6O/c1-22(2)8-18(13-5-4-12(6-14(13)22)23(25,26)24(27,28)29)34(3)21(36)15-7-17-16(9-32-15)33-20(30)19-10-31-11-35(17)19/h4-7,9-11,18H,8H2,1-3H3,(H2,30,33)/t18-/m1/s1. The average molecular weight is 504 g/mol. The Bertz CT molecular complexity index is 1530. The summed E-state index contributed by atoms with van der Waals surface area (Å²) in [6.07, 6.45) is -0.868. The first kappa shape index (κ1) is 23.9. The topological polar surface area (TPSA) is 89.4 Å². The van der Waals surface area contributed by atoms with Gasteiger partial charge in [-0.15, -0.1) is 0 Å². The molecule has 7 nitrogen and oxygen atoms in total. The van der Waals surface area contributed by atoms with Gasteiger partial charge in [-0.1, -0.05) is 26.0 Å². The van der Waals surface area contributed by atoms with E-state index in [9.17, 15) is 26.7 Å². The summed E-state index contributed by atoms with van der Waals surface area (Å²) in [6, 6.07) is 3.94. The van der Waals surface area contributed by atoms with Crippen molar-refractivity contribution in [3.63, 3.8) is 0 Å². The van der Waals surface area contributed by atoms with Crippen LogP contribution in [0.4, 0.5) is 27.8 Å². The maximum absolute atomic E-state index is 14.0. The largest absolute Gasteiger partial charge is 0.458 e. The quantitative estimate of drug-likeness (QED) is 0.397. The van der Waals surface area contributed by atoms with Gasteiger partial charge >= 0.3 is 12.1 Å². The maximum Gasteiger partial charge on any atom is 0.458 e. The van der Waals surface area contributed by atoms with Gasteiger partial charge in [0.2, 0.25) is 0 Å².